The smallest absolute Gasteiger partial charge is 0.306 e. The van der Waals surface area contributed by atoms with Gasteiger partial charge in [0.2, 0.25) is 17.6 Å². The van der Waals surface area contributed by atoms with Crippen LogP contribution in [0, 0.1) is 18.3 Å². The van der Waals surface area contributed by atoms with Crippen molar-refractivity contribution in [2.24, 2.45) is 11.3 Å². The standard InChI is InChI=1S/C38H47ClN4O7/c1-6-8-29(33(45)35(47)40-27-15-16-27)41-34(46)31-20-38(19-30(42-50-38)25-9-7-10-26(39)17-25)22-43(31)36(48)28(37(3,4)5)18-32(44)49-21-24-13-11-23(2)12-14-24/h7,9-14,17,19,27-29,31,42H,6,8,15-16,18,20-22H2,1-5H3,(H,40,47)(H,41,46)/t28-,29+,31+,38-/m1/s1. The lowest BCUT2D eigenvalue weighted by atomic mass is 9.77. The zero-order chi connectivity index (χ0) is 36.2. The second-order valence-electron chi connectivity index (χ2n) is 14.8. The highest BCUT2D eigenvalue weighted by atomic mass is 35.5. The molecule has 3 amide bonds. The lowest BCUT2D eigenvalue weighted by Crippen LogP contribution is -2.54. The Labute approximate surface area is 298 Å². The zero-order valence-electron chi connectivity index (χ0n) is 29.3. The number of hydroxylamine groups is 1. The molecular weight excluding hydrogens is 660 g/mol. The van der Waals surface area contributed by atoms with Gasteiger partial charge in [0.1, 0.15) is 18.2 Å². The minimum atomic E-state index is -1.10. The molecule has 0 unspecified atom stereocenters. The molecule has 1 aliphatic carbocycles. The number of hydrogen-bond donors (Lipinski definition) is 3. The summed E-state index contributed by atoms with van der Waals surface area (Å²) in [6.07, 6.45) is 4.13. The maximum Gasteiger partial charge on any atom is 0.306 e. The number of rotatable bonds is 13. The molecule has 4 atom stereocenters. The molecule has 50 heavy (non-hydrogen) atoms. The van der Waals surface area contributed by atoms with Crippen LogP contribution >= 0.6 is 11.6 Å². The van der Waals surface area contributed by atoms with Crippen molar-refractivity contribution in [1.82, 2.24) is 21.0 Å². The summed E-state index contributed by atoms with van der Waals surface area (Å²) in [6, 6.07) is 12.7. The summed E-state index contributed by atoms with van der Waals surface area (Å²) < 4.78 is 5.59. The van der Waals surface area contributed by atoms with E-state index in [2.05, 4.69) is 16.1 Å². The molecule has 2 aromatic rings. The first-order chi connectivity index (χ1) is 23.7. The van der Waals surface area contributed by atoms with Gasteiger partial charge in [-0.1, -0.05) is 87.7 Å². The van der Waals surface area contributed by atoms with Crippen molar-refractivity contribution in [1.29, 1.82) is 0 Å². The summed E-state index contributed by atoms with van der Waals surface area (Å²) in [5, 5.41) is 6.03. The van der Waals surface area contributed by atoms with Gasteiger partial charge in [0.05, 0.1) is 30.6 Å². The molecular formula is C38H47ClN4O7. The zero-order valence-corrected chi connectivity index (χ0v) is 30.1. The maximum absolute atomic E-state index is 14.6. The first-order valence-corrected chi connectivity index (χ1v) is 17.7. The van der Waals surface area contributed by atoms with Crippen LogP contribution in [0.4, 0.5) is 0 Å². The van der Waals surface area contributed by atoms with Crippen LogP contribution in [0.15, 0.2) is 54.6 Å². The second-order valence-corrected chi connectivity index (χ2v) is 15.2. The van der Waals surface area contributed by atoms with E-state index >= 15 is 0 Å². The largest absolute Gasteiger partial charge is 0.461 e. The predicted molar refractivity (Wildman–Crippen MR) is 188 cm³/mol. The summed E-state index contributed by atoms with van der Waals surface area (Å²) in [7, 11) is 0. The highest BCUT2D eigenvalue weighted by Crippen LogP contribution is 2.41. The number of ether oxygens (including phenoxy) is 1. The van der Waals surface area contributed by atoms with Crippen LogP contribution in [0.5, 0.6) is 0 Å². The molecule has 1 saturated carbocycles. The molecule has 0 radical (unpaired) electrons. The van der Waals surface area contributed by atoms with Gasteiger partial charge in [-0.3, -0.25) is 34.3 Å². The monoisotopic (exact) mass is 706 g/mol. The lowest BCUT2D eigenvalue weighted by Gasteiger charge is -2.35. The molecule has 12 heteroatoms. The number of amides is 3. The minimum Gasteiger partial charge on any atom is -0.461 e. The molecule has 268 valence electrons. The third kappa shape index (κ3) is 9.11. The van der Waals surface area contributed by atoms with Crippen LogP contribution in [0.3, 0.4) is 0 Å². The van der Waals surface area contributed by atoms with Crippen molar-refractivity contribution >= 4 is 46.8 Å². The van der Waals surface area contributed by atoms with Crippen molar-refractivity contribution < 1.29 is 33.5 Å². The van der Waals surface area contributed by atoms with Gasteiger partial charge in [-0.25, -0.2) is 0 Å². The SMILES string of the molecule is CCC[C@H](NC(=O)[C@@H]1C[C@]2(C=C(c3cccc(Cl)c3)NO2)CN1C(=O)[C@@H](CC(=O)OCc1ccc(C)cc1)C(C)(C)C)C(=O)C(=O)NC1CC1. The quantitative estimate of drug-likeness (QED) is 0.199. The Morgan fingerprint density at radius 3 is 2.46 bits per heavy atom. The van der Waals surface area contributed by atoms with E-state index in [9.17, 15) is 24.0 Å². The van der Waals surface area contributed by atoms with Crippen LogP contribution in [0.1, 0.15) is 82.9 Å². The third-order valence-electron chi connectivity index (χ3n) is 9.43. The van der Waals surface area contributed by atoms with Gasteiger partial charge in [-0.15, -0.1) is 0 Å². The molecule has 1 saturated heterocycles. The van der Waals surface area contributed by atoms with Crippen LogP contribution in [0.25, 0.3) is 5.70 Å². The number of hydrogen-bond acceptors (Lipinski definition) is 8. The number of ketones is 1. The van der Waals surface area contributed by atoms with E-state index in [4.69, 9.17) is 21.2 Å². The molecule has 0 aromatic heterocycles. The van der Waals surface area contributed by atoms with Gasteiger partial charge in [0, 0.05) is 23.0 Å². The van der Waals surface area contributed by atoms with E-state index in [-0.39, 0.29) is 38.5 Å². The summed E-state index contributed by atoms with van der Waals surface area (Å²) >= 11 is 6.24. The molecule has 1 spiro atoms. The van der Waals surface area contributed by atoms with E-state index in [0.717, 1.165) is 29.5 Å². The van der Waals surface area contributed by atoms with E-state index in [1.165, 1.54) is 4.90 Å². The number of aryl methyl sites for hydroxylation is 1. The summed E-state index contributed by atoms with van der Waals surface area (Å²) in [5.74, 6) is -3.82. The van der Waals surface area contributed by atoms with Gasteiger partial charge < -0.3 is 20.3 Å². The highest BCUT2D eigenvalue weighted by molar-refractivity contribution is 6.38. The number of carbonyl (C=O) groups excluding carboxylic acids is 5. The first kappa shape index (κ1) is 37.0. The Balaban J connectivity index is 1.40. The number of nitrogens with zero attached hydrogens (tertiary/aromatic N) is 1. The Kier molecular flexibility index (Phi) is 11.4. The first-order valence-electron chi connectivity index (χ1n) is 17.3. The van der Waals surface area contributed by atoms with Crippen LogP contribution in [-0.2, 0) is 40.2 Å². The summed E-state index contributed by atoms with van der Waals surface area (Å²) in [6.45, 7) is 9.49. The molecule has 2 heterocycles. The van der Waals surface area contributed by atoms with E-state index < -0.39 is 58.5 Å². The molecule has 2 aliphatic heterocycles. The lowest BCUT2D eigenvalue weighted by molar-refractivity contribution is -0.154. The summed E-state index contributed by atoms with van der Waals surface area (Å²) in [5.41, 5.74) is 4.47. The highest BCUT2D eigenvalue weighted by Gasteiger charge is 2.54. The predicted octanol–water partition coefficient (Wildman–Crippen LogP) is 4.79. The molecule has 5 rings (SSSR count). The Morgan fingerprint density at radius 2 is 1.82 bits per heavy atom. The fraction of sp³-hybridized carbons (Fsp3) is 0.500. The number of likely N-dealkylation sites (tertiary alicyclic amines) is 1. The average Bonchev–Trinajstić information content (AvgIpc) is 3.66. The summed E-state index contributed by atoms with van der Waals surface area (Å²) in [4.78, 5) is 75.3. The Morgan fingerprint density at radius 1 is 1.10 bits per heavy atom. The van der Waals surface area contributed by atoms with Gasteiger partial charge in [-0.2, -0.15) is 0 Å². The molecule has 3 aliphatic rings. The minimum absolute atomic E-state index is 0.000532. The Bertz CT molecular complexity index is 1650. The fourth-order valence-electron chi connectivity index (χ4n) is 6.33. The molecule has 2 fully saturated rings. The third-order valence-corrected chi connectivity index (χ3v) is 9.66. The maximum atomic E-state index is 14.6. The van der Waals surface area contributed by atoms with Crippen molar-refractivity contribution in [2.45, 2.75) is 103 Å². The molecule has 11 nitrogen and oxygen atoms in total. The van der Waals surface area contributed by atoms with Crippen LogP contribution in [-0.4, -0.2) is 64.6 Å². The number of benzene rings is 2. The van der Waals surface area contributed by atoms with E-state index in [1.807, 2.05) is 77.1 Å². The molecule has 2 aromatic carbocycles. The van der Waals surface area contributed by atoms with Gasteiger partial charge in [-0.05, 0) is 55.4 Å². The number of halogens is 1. The molecule has 3 N–H and O–H groups in total. The van der Waals surface area contributed by atoms with Crippen molar-refractivity contribution in [3.63, 3.8) is 0 Å². The van der Waals surface area contributed by atoms with Gasteiger partial charge in [0.15, 0.2) is 0 Å². The fourth-order valence-corrected chi connectivity index (χ4v) is 6.52. The van der Waals surface area contributed by atoms with Crippen molar-refractivity contribution in [2.75, 3.05) is 6.54 Å². The number of Topliss-reactive ketones (excluding diaryl/α,β-unsaturated/α-hetero) is 1. The van der Waals surface area contributed by atoms with E-state index in [0.29, 0.717) is 17.1 Å². The normalized spacial score (nSPS) is 21.2. The Hall–Kier alpha value is -4.22. The number of nitrogens with one attached hydrogen (secondary N) is 3. The molecule has 0 bridgehead atoms. The van der Waals surface area contributed by atoms with Gasteiger partial charge in [0.25, 0.3) is 5.91 Å². The topological polar surface area (TPSA) is 143 Å². The average molecular weight is 707 g/mol. The van der Waals surface area contributed by atoms with Crippen LogP contribution in [0.2, 0.25) is 5.02 Å². The van der Waals surface area contributed by atoms with Crippen molar-refractivity contribution in [3.05, 3.63) is 76.3 Å². The van der Waals surface area contributed by atoms with E-state index in [1.54, 1.807) is 12.1 Å². The van der Waals surface area contributed by atoms with Crippen molar-refractivity contribution in [3.8, 4) is 0 Å². The van der Waals surface area contributed by atoms with Gasteiger partial charge >= 0.3 is 5.97 Å². The van der Waals surface area contributed by atoms with Crippen LogP contribution < -0.4 is 16.1 Å². The number of carbonyl (C=O) groups is 5. The second kappa shape index (κ2) is 15.3. The number of esters is 1.